The Kier molecular flexibility index (Phi) is 7.07. The summed E-state index contributed by atoms with van der Waals surface area (Å²) in [6.07, 6.45) is 6.18. The van der Waals surface area contributed by atoms with Crippen molar-refractivity contribution in [2.45, 2.75) is 63.2 Å². The molecule has 0 spiro atoms. The quantitative estimate of drug-likeness (QED) is 0.483. The standard InChI is InChI=1S/C25H30N4OS/c1-18(20-13-15-22(16-14-20)21-9-5-3-6-10-21)26-24(30)17-31-25-28-27-19(2)29(25)23-11-7-4-8-12-23/h3,5-6,9-10,13-16,18,23H,4,7-8,11-12,17H2,1-2H3,(H,26,30)/t18-/m0/s1. The summed E-state index contributed by atoms with van der Waals surface area (Å²) in [5.41, 5.74) is 3.47. The van der Waals surface area contributed by atoms with Crippen LogP contribution in [0.4, 0.5) is 0 Å². The molecule has 1 aliphatic carbocycles. The van der Waals surface area contributed by atoms with E-state index >= 15 is 0 Å². The highest BCUT2D eigenvalue weighted by molar-refractivity contribution is 7.99. The molecule has 4 rings (SSSR count). The Morgan fingerprint density at radius 2 is 1.71 bits per heavy atom. The van der Waals surface area contributed by atoms with Crippen LogP contribution >= 0.6 is 11.8 Å². The predicted molar refractivity (Wildman–Crippen MR) is 126 cm³/mol. The number of hydrogen-bond acceptors (Lipinski definition) is 4. The third-order valence-electron chi connectivity index (χ3n) is 6.00. The van der Waals surface area contributed by atoms with E-state index < -0.39 is 0 Å². The van der Waals surface area contributed by atoms with Crippen LogP contribution < -0.4 is 5.32 Å². The van der Waals surface area contributed by atoms with Gasteiger partial charge in [0, 0.05) is 6.04 Å². The molecule has 3 aromatic rings. The Morgan fingerprint density at radius 1 is 1.03 bits per heavy atom. The van der Waals surface area contributed by atoms with E-state index in [1.807, 2.05) is 32.0 Å². The maximum Gasteiger partial charge on any atom is 0.230 e. The second kappa shape index (κ2) is 10.1. The van der Waals surface area contributed by atoms with Crippen molar-refractivity contribution in [1.29, 1.82) is 0 Å². The normalized spacial score (nSPS) is 15.5. The van der Waals surface area contributed by atoms with Crippen molar-refractivity contribution in [1.82, 2.24) is 20.1 Å². The average molecular weight is 435 g/mol. The minimum absolute atomic E-state index is 0.0143. The van der Waals surface area contributed by atoms with Gasteiger partial charge in [0.15, 0.2) is 5.16 Å². The average Bonchev–Trinajstić information content (AvgIpc) is 3.19. The number of rotatable bonds is 7. The molecule has 1 aromatic heterocycles. The van der Waals surface area contributed by atoms with E-state index in [-0.39, 0.29) is 11.9 Å². The van der Waals surface area contributed by atoms with Crippen LogP contribution in [0.5, 0.6) is 0 Å². The van der Waals surface area contributed by atoms with Crippen molar-refractivity contribution in [2.75, 3.05) is 5.75 Å². The molecule has 31 heavy (non-hydrogen) atoms. The van der Waals surface area contributed by atoms with E-state index in [1.165, 1.54) is 55.0 Å². The highest BCUT2D eigenvalue weighted by Crippen LogP contribution is 2.32. The van der Waals surface area contributed by atoms with Gasteiger partial charge in [0.1, 0.15) is 5.82 Å². The van der Waals surface area contributed by atoms with Crippen molar-refractivity contribution in [3.8, 4) is 11.1 Å². The number of thioether (sulfide) groups is 1. The number of aromatic nitrogens is 3. The van der Waals surface area contributed by atoms with Crippen molar-refractivity contribution in [2.24, 2.45) is 0 Å². The highest BCUT2D eigenvalue weighted by atomic mass is 32.2. The largest absolute Gasteiger partial charge is 0.349 e. The number of hydrogen-bond donors (Lipinski definition) is 1. The van der Waals surface area contributed by atoms with E-state index in [2.05, 4.69) is 56.5 Å². The molecule has 0 aliphatic heterocycles. The maximum atomic E-state index is 12.6. The monoisotopic (exact) mass is 434 g/mol. The Labute approximate surface area is 188 Å². The first-order chi connectivity index (χ1) is 15.1. The lowest BCUT2D eigenvalue weighted by Crippen LogP contribution is -2.28. The fraction of sp³-hybridized carbons (Fsp3) is 0.400. The fourth-order valence-electron chi connectivity index (χ4n) is 4.30. The number of nitrogens with zero attached hydrogens (tertiary/aromatic N) is 3. The SMILES string of the molecule is Cc1nnc(SCC(=O)N[C@@H](C)c2ccc(-c3ccccc3)cc2)n1C1CCCCC1. The summed E-state index contributed by atoms with van der Waals surface area (Å²) in [7, 11) is 0. The molecule has 1 fully saturated rings. The van der Waals surface area contributed by atoms with Gasteiger partial charge in [-0.1, -0.05) is 85.6 Å². The van der Waals surface area contributed by atoms with Crippen LogP contribution in [0.1, 0.15) is 62.5 Å². The molecule has 1 atom stereocenters. The van der Waals surface area contributed by atoms with Gasteiger partial charge in [-0.2, -0.15) is 0 Å². The lowest BCUT2D eigenvalue weighted by molar-refractivity contribution is -0.119. The molecule has 0 bridgehead atoms. The number of nitrogens with one attached hydrogen (secondary N) is 1. The molecule has 1 amide bonds. The Morgan fingerprint density at radius 3 is 2.42 bits per heavy atom. The third-order valence-corrected chi connectivity index (χ3v) is 6.95. The number of amides is 1. The van der Waals surface area contributed by atoms with Gasteiger partial charge < -0.3 is 9.88 Å². The smallest absolute Gasteiger partial charge is 0.230 e. The summed E-state index contributed by atoms with van der Waals surface area (Å²) in [6.45, 7) is 4.03. The minimum Gasteiger partial charge on any atom is -0.349 e. The maximum absolute atomic E-state index is 12.6. The first-order valence-electron chi connectivity index (χ1n) is 11.1. The molecule has 1 saturated carbocycles. The molecule has 0 unspecified atom stereocenters. The molecular weight excluding hydrogens is 404 g/mol. The lowest BCUT2D eigenvalue weighted by Gasteiger charge is -2.25. The zero-order valence-corrected chi connectivity index (χ0v) is 19.1. The molecule has 0 radical (unpaired) electrons. The third kappa shape index (κ3) is 5.37. The summed E-state index contributed by atoms with van der Waals surface area (Å²) in [5, 5.41) is 12.6. The zero-order valence-electron chi connectivity index (χ0n) is 18.3. The fourth-order valence-corrected chi connectivity index (χ4v) is 5.16. The summed E-state index contributed by atoms with van der Waals surface area (Å²) in [6, 6.07) is 19.1. The van der Waals surface area contributed by atoms with Crippen LogP contribution in [0, 0.1) is 6.92 Å². The lowest BCUT2D eigenvalue weighted by atomic mass is 9.95. The molecule has 1 N–H and O–H groups in total. The van der Waals surface area contributed by atoms with Gasteiger partial charge >= 0.3 is 0 Å². The second-order valence-corrected chi connectivity index (χ2v) is 9.20. The first kappa shape index (κ1) is 21.6. The first-order valence-corrected chi connectivity index (χ1v) is 12.1. The number of benzene rings is 2. The van der Waals surface area contributed by atoms with E-state index in [4.69, 9.17) is 0 Å². The van der Waals surface area contributed by atoms with Gasteiger partial charge in [-0.15, -0.1) is 10.2 Å². The molecule has 162 valence electrons. The van der Waals surface area contributed by atoms with Gasteiger partial charge in [-0.05, 0) is 43.4 Å². The molecule has 2 aromatic carbocycles. The van der Waals surface area contributed by atoms with Gasteiger partial charge in [-0.25, -0.2) is 0 Å². The number of carbonyl (C=O) groups excluding carboxylic acids is 1. The number of aryl methyl sites for hydroxylation is 1. The van der Waals surface area contributed by atoms with Crippen LogP contribution in [0.15, 0.2) is 59.8 Å². The minimum atomic E-state index is -0.0455. The van der Waals surface area contributed by atoms with E-state index in [1.54, 1.807) is 0 Å². The molecule has 0 saturated heterocycles. The van der Waals surface area contributed by atoms with Crippen molar-refractivity contribution >= 4 is 17.7 Å². The second-order valence-electron chi connectivity index (χ2n) is 8.26. The highest BCUT2D eigenvalue weighted by Gasteiger charge is 2.22. The Hall–Kier alpha value is -2.60. The van der Waals surface area contributed by atoms with E-state index in [0.717, 1.165) is 16.5 Å². The molecule has 1 heterocycles. The molecule has 5 nitrogen and oxygen atoms in total. The topological polar surface area (TPSA) is 59.8 Å². The summed E-state index contributed by atoms with van der Waals surface area (Å²) >= 11 is 1.48. The summed E-state index contributed by atoms with van der Waals surface area (Å²) in [5.74, 6) is 1.30. The Bertz CT molecular complexity index is 994. The van der Waals surface area contributed by atoms with Crippen LogP contribution in [0.3, 0.4) is 0 Å². The zero-order chi connectivity index (χ0) is 21.6. The van der Waals surface area contributed by atoms with Crippen LogP contribution in [0.2, 0.25) is 0 Å². The molecular formula is C25H30N4OS. The van der Waals surface area contributed by atoms with Crippen LogP contribution in [-0.2, 0) is 4.79 Å². The summed E-state index contributed by atoms with van der Waals surface area (Å²) < 4.78 is 2.24. The predicted octanol–water partition coefficient (Wildman–Crippen LogP) is 5.73. The molecule has 1 aliphatic rings. The molecule has 6 heteroatoms. The number of carbonyl (C=O) groups is 1. The van der Waals surface area contributed by atoms with Crippen molar-refractivity contribution in [3.63, 3.8) is 0 Å². The summed E-state index contributed by atoms with van der Waals surface area (Å²) in [4.78, 5) is 12.6. The van der Waals surface area contributed by atoms with Crippen LogP contribution in [-0.4, -0.2) is 26.4 Å². The van der Waals surface area contributed by atoms with Crippen molar-refractivity contribution < 1.29 is 4.79 Å². The Balaban J connectivity index is 1.33. The van der Waals surface area contributed by atoms with Crippen LogP contribution in [0.25, 0.3) is 11.1 Å². The van der Waals surface area contributed by atoms with E-state index in [0.29, 0.717) is 11.8 Å². The van der Waals surface area contributed by atoms with Gasteiger partial charge in [0.25, 0.3) is 0 Å². The van der Waals surface area contributed by atoms with Gasteiger partial charge in [-0.3, -0.25) is 4.79 Å². The van der Waals surface area contributed by atoms with Gasteiger partial charge in [0.05, 0.1) is 11.8 Å². The van der Waals surface area contributed by atoms with E-state index in [9.17, 15) is 4.79 Å². The van der Waals surface area contributed by atoms with Gasteiger partial charge in [0.2, 0.25) is 5.91 Å². The van der Waals surface area contributed by atoms with Crippen molar-refractivity contribution in [3.05, 3.63) is 66.0 Å².